The second-order valence-corrected chi connectivity index (χ2v) is 5.75. The highest BCUT2D eigenvalue weighted by Crippen LogP contribution is 2.32. The standard InChI is InChI=1S/C12H16Cl2N4/c13-9-6-10(14)12(16-11(9)15)18-5-4-17-3-1-2-8(17)7-18/h6,8H,1-5,7H2,(H2,15,16). The van der Waals surface area contributed by atoms with Crippen molar-refractivity contribution in [2.75, 3.05) is 36.8 Å². The molecule has 4 nitrogen and oxygen atoms in total. The molecule has 6 heteroatoms. The minimum atomic E-state index is 0.352. The first kappa shape index (κ1) is 12.3. The largest absolute Gasteiger partial charge is 0.382 e. The number of fused-ring (bicyclic) bond motifs is 1. The third kappa shape index (κ3) is 2.13. The lowest BCUT2D eigenvalue weighted by molar-refractivity contribution is 0.230. The molecule has 2 saturated heterocycles. The van der Waals surface area contributed by atoms with Gasteiger partial charge in [-0.3, -0.25) is 4.90 Å². The summed E-state index contributed by atoms with van der Waals surface area (Å²) in [6, 6.07) is 2.32. The Morgan fingerprint density at radius 1 is 1.22 bits per heavy atom. The molecule has 0 aliphatic carbocycles. The summed E-state index contributed by atoms with van der Waals surface area (Å²) in [6.45, 7) is 4.23. The SMILES string of the molecule is Nc1nc(N2CCN3CCCC3C2)c(Cl)cc1Cl. The Morgan fingerprint density at radius 2 is 2.06 bits per heavy atom. The van der Waals surface area contributed by atoms with Gasteiger partial charge < -0.3 is 10.6 Å². The fourth-order valence-corrected chi connectivity index (χ4v) is 3.35. The van der Waals surface area contributed by atoms with Crippen molar-refractivity contribution in [3.8, 4) is 0 Å². The molecule has 3 rings (SSSR count). The molecule has 1 atom stereocenters. The van der Waals surface area contributed by atoms with Gasteiger partial charge in [-0.05, 0) is 25.5 Å². The van der Waals surface area contributed by atoms with Gasteiger partial charge in [-0.25, -0.2) is 4.98 Å². The Labute approximate surface area is 117 Å². The molecule has 0 saturated carbocycles. The first-order chi connectivity index (χ1) is 8.65. The number of piperazine rings is 1. The van der Waals surface area contributed by atoms with Crippen LogP contribution in [0, 0.1) is 0 Å². The molecule has 0 radical (unpaired) electrons. The summed E-state index contributed by atoms with van der Waals surface area (Å²) in [4.78, 5) is 9.10. The molecule has 2 N–H and O–H groups in total. The Bertz CT molecular complexity index is 466. The number of hydrogen-bond donors (Lipinski definition) is 1. The average molecular weight is 287 g/mol. The molecule has 2 fully saturated rings. The van der Waals surface area contributed by atoms with E-state index >= 15 is 0 Å². The van der Waals surface area contributed by atoms with Crippen LogP contribution < -0.4 is 10.6 Å². The first-order valence-electron chi connectivity index (χ1n) is 6.25. The zero-order chi connectivity index (χ0) is 12.7. The molecule has 0 aromatic carbocycles. The zero-order valence-corrected chi connectivity index (χ0v) is 11.6. The monoisotopic (exact) mass is 286 g/mol. The Morgan fingerprint density at radius 3 is 2.89 bits per heavy atom. The van der Waals surface area contributed by atoms with Gasteiger partial charge in [0.15, 0.2) is 0 Å². The lowest BCUT2D eigenvalue weighted by Gasteiger charge is -2.38. The molecule has 1 unspecified atom stereocenters. The molecule has 0 amide bonds. The molecule has 2 aliphatic heterocycles. The lowest BCUT2D eigenvalue weighted by atomic mass is 10.1. The summed E-state index contributed by atoms with van der Waals surface area (Å²) < 4.78 is 0. The van der Waals surface area contributed by atoms with E-state index in [2.05, 4.69) is 14.8 Å². The minimum Gasteiger partial charge on any atom is -0.382 e. The summed E-state index contributed by atoms with van der Waals surface area (Å²) in [5.41, 5.74) is 5.76. The highest BCUT2D eigenvalue weighted by molar-refractivity contribution is 6.37. The number of hydrogen-bond acceptors (Lipinski definition) is 4. The van der Waals surface area contributed by atoms with Gasteiger partial charge in [0.1, 0.15) is 11.6 Å². The third-order valence-electron chi connectivity index (χ3n) is 3.82. The number of nitrogen functional groups attached to an aromatic ring is 1. The van der Waals surface area contributed by atoms with Crippen LogP contribution in [0.1, 0.15) is 12.8 Å². The van der Waals surface area contributed by atoms with E-state index in [4.69, 9.17) is 28.9 Å². The number of anilines is 2. The van der Waals surface area contributed by atoms with E-state index in [0.717, 1.165) is 25.5 Å². The molecular formula is C12H16Cl2N4. The number of nitrogens with two attached hydrogens (primary N) is 1. The lowest BCUT2D eigenvalue weighted by Crippen LogP contribution is -2.50. The number of pyridine rings is 1. The molecule has 2 aliphatic rings. The number of aromatic nitrogens is 1. The number of rotatable bonds is 1. The second kappa shape index (κ2) is 4.76. The molecule has 0 bridgehead atoms. The van der Waals surface area contributed by atoms with Crippen LogP contribution in [0.2, 0.25) is 10.0 Å². The molecule has 0 spiro atoms. The summed E-state index contributed by atoms with van der Waals surface area (Å²) in [6.07, 6.45) is 2.56. The molecule has 1 aromatic rings. The summed E-state index contributed by atoms with van der Waals surface area (Å²) in [7, 11) is 0. The van der Waals surface area contributed by atoms with E-state index in [1.165, 1.54) is 19.4 Å². The van der Waals surface area contributed by atoms with E-state index in [1.54, 1.807) is 6.07 Å². The maximum atomic E-state index is 6.22. The normalized spacial score (nSPS) is 24.3. The first-order valence-corrected chi connectivity index (χ1v) is 7.01. The smallest absolute Gasteiger partial charge is 0.150 e. The van der Waals surface area contributed by atoms with Gasteiger partial charge >= 0.3 is 0 Å². The fourth-order valence-electron chi connectivity index (χ4n) is 2.88. The van der Waals surface area contributed by atoms with Crippen molar-refractivity contribution in [2.45, 2.75) is 18.9 Å². The van der Waals surface area contributed by atoms with Crippen LogP contribution in [-0.2, 0) is 0 Å². The minimum absolute atomic E-state index is 0.352. The predicted octanol–water partition coefficient (Wildman–Crippen LogP) is 2.25. The van der Waals surface area contributed by atoms with E-state index in [-0.39, 0.29) is 0 Å². The van der Waals surface area contributed by atoms with Crippen molar-refractivity contribution in [3.63, 3.8) is 0 Å². The second-order valence-electron chi connectivity index (χ2n) is 4.94. The van der Waals surface area contributed by atoms with Gasteiger partial charge in [0, 0.05) is 25.7 Å². The van der Waals surface area contributed by atoms with Crippen LogP contribution in [0.4, 0.5) is 11.6 Å². The number of nitrogens with zero attached hydrogens (tertiary/aromatic N) is 3. The molecule has 3 heterocycles. The van der Waals surface area contributed by atoms with E-state index in [0.29, 0.717) is 21.9 Å². The van der Waals surface area contributed by atoms with E-state index in [9.17, 15) is 0 Å². The van der Waals surface area contributed by atoms with Gasteiger partial charge in [0.05, 0.1) is 10.0 Å². The van der Waals surface area contributed by atoms with Crippen LogP contribution in [0.5, 0.6) is 0 Å². The molecular weight excluding hydrogens is 271 g/mol. The number of halogens is 2. The van der Waals surface area contributed by atoms with Crippen molar-refractivity contribution >= 4 is 34.8 Å². The van der Waals surface area contributed by atoms with Crippen LogP contribution in [-0.4, -0.2) is 42.1 Å². The Hall–Kier alpha value is -0.710. The van der Waals surface area contributed by atoms with E-state index < -0.39 is 0 Å². The van der Waals surface area contributed by atoms with Crippen LogP contribution in [0.15, 0.2) is 6.07 Å². The van der Waals surface area contributed by atoms with Crippen molar-refractivity contribution in [1.29, 1.82) is 0 Å². The van der Waals surface area contributed by atoms with E-state index in [1.807, 2.05) is 0 Å². The molecule has 18 heavy (non-hydrogen) atoms. The van der Waals surface area contributed by atoms with Gasteiger partial charge in [-0.2, -0.15) is 0 Å². The van der Waals surface area contributed by atoms with Gasteiger partial charge in [-0.1, -0.05) is 23.2 Å². The third-order valence-corrected chi connectivity index (χ3v) is 4.41. The van der Waals surface area contributed by atoms with Crippen molar-refractivity contribution in [1.82, 2.24) is 9.88 Å². The Kier molecular flexibility index (Phi) is 3.26. The van der Waals surface area contributed by atoms with Gasteiger partial charge in [0.2, 0.25) is 0 Å². The maximum absolute atomic E-state index is 6.22. The fraction of sp³-hybridized carbons (Fsp3) is 0.583. The predicted molar refractivity (Wildman–Crippen MR) is 75.5 cm³/mol. The van der Waals surface area contributed by atoms with Gasteiger partial charge in [-0.15, -0.1) is 0 Å². The maximum Gasteiger partial charge on any atom is 0.150 e. The molecule has 98 valence electrons. The quantitative estimate of drug-likeness (QED) is 0.860. The van der Waals surface area contributed by atoms with Crippen molar-refractivity contribution in [2.24, 2.45) is 0 Å². The summed E-state index contributed by atoms with van der Waals surface area (Å²) in [5.74, 6) is 1.12. The molecule has 1 aromatic heterocycles. The van der Waals surface area contributed by atoms with Crippen LogP contribution in [0.25, 0.3) is 0 Å². The Balaban J connectivity index is 1.84. The van der Waals surface area contributed by atoms with Crippen molar-refractivity contribution in [3.05, 3.63) is 16.1 Å². The van der Waals surface area contributed by atoms with Crippen molar-refractivity contribution < 1.29 is 0 Å². The summed E-state index contributed by atoms with van der Waals surface area (Å²) in [5, 5.41) is 1.00. The highest BCUT2D eigenvalue weighted by atomic mass is 35.5. The highest BCUT2D eigenvalue weighted by Gasteiger charge is 2.31. The van der Waals surface area contributed by atoms with Crippen LogP contribution >= 0.6 is 23.2 Å². The van der Waals surface area contributed by atoms with Gasteiger partial charge in [0.25, 0.3) is 0 Å². The van der Waals surface area contributed by atoms with Crippen LogP contribution in [0.3, 0.4) is 0 Å². The zero-order valence-electron chi connectivity index (χ0n) is 10.1. The topological polar surface area (TPSA) is 45.4 Å². The average Bonchev–Trinajstić information content (AvgIpc) is 2.80. The summed E-state index contributed by atoms with van der Waals surface area (Å²) >= 11 is 12.1.